The number of carbonyl (C=O) groups excluding carboxylic acids is 1. The van der Waals surface area contributed by atoms with E-state index in [9.17, 15) is 9.18 Å². The molecule has 3 aliphatic rings. The molecule has 1 saturated heterocycles. The third-order valence-electron chi connectivity index (χ3n) is 6.95. The number of amides is 1. The number of hydrogen-bond acceptors (Lipinski definition) is 5. The Morgan fingerprint density at radius 3 is 2.59 bits per heavy atom. The molecular formula is C25H29FN4O2. The summed E-state index contributed by atoms with van der Waals surface area (Å²) in [5.74, 6) is 0.585. The van der Waals surface area contributed by atoms with E-state index in [1.807, 2.05) is 12.1 Å². The molecule has 2 aromatic rings. The summed E-state index contributed by atoms with van der Waals surface area (Å²) < 4.78 is 19.1. The van der Waals surface area contributed by atoms with Gasteiger partial charge in [0.1, 0.15) is 11.6 Å². The normalized spacial score (nSPS) is 23.5. The Bertz CT molecular complexity index is 1030. The van der Waals surface area contributed by atoms with Crippen LogP contribution in [0.3, 0.4) is 0 Å². The van der Waals surface area contributed by atoms with Gasteiger partial charge < -0.3 is 9.64 Å². The zero-order valence-electron chi connectivity index (χ0n) is 18.6. The van der Waals surface area contributed by atoms with Crippen molar-refractivity contribution in [1.29, 1.82) is 0 Å². The smallest absolute Gasteiger partial charge is 0.257 e. The number of rotatable bonds is 4. The van der Waals surface area contributed by atoms with Crippen molar-refractivity contribution >= 4 is 11.6 Å². The van der Waals surface area contributed by atoms with E-state index in [0.717, 1.165) is 61.6 Å². The fourth-order valence-corrected chi connectivity index (χ4v) is 5.08. The molecule has 0 unspecified atom stereocenters. The first kappa shape index (κ1) is 21.1. The topological polar surface area (TPSA) is 48.4 Å². The number of ether oxygens (including phenoxy) is 1. The number of hydrazone groups is 1. The van der Waals surface area contributed by atoms with Crippen LogP contribution >= 0.6 is 0 Å². The quantitative estimate of drug-likeness (QED) is 0.740. The van der Waals surface area contributed by atoms with Crippen LogP contribution in [0.4, 0.5) is 4.39 Å². The maximum absolute atomic E-state index is 13.6. The molecule has 5 rings (SSSR count). The van der Waals surface area contributed by atoms with Crippen LogP contribution in [0.1, 0.15) is 29.2 Å². The van der Waals surface area contributed by atoms with Crippen molar-refractivity contribution in [3.8, 4) is 5.75 Å². The van der Waals surface area contributed by atoms with Crippen molar-refractivity contribution in [2.75, 3.05) is 46.9 Å². The van der Waals surface area contributed by atoms with E-state index < -0.39 is 0 Å². The zero-order valence-corrected chi connectivity index (χ0v) is 18.6. The van der Waals surface area contributed by atoms with Crippen molar-refractivity contribution in [2.45, 2.75) is 18.9 Å². The number of aryl methyl sites for hydroxylation is 1. The highest BCUT2D eigenvalue weighted by atomic mass is 19.1. The van der Waals surface area contributed by atoms with E-state index in [1.54, 1.807) is 24.3 Å². The molecule has 0 aromatic heterocycles. The molecule has 0 saturated carbocycles. The average Bonchev–Trinajstić information content (AvgIpc) is 3.21. The highest BCUT2D eigenvalue weighted by molar-refractivity contribution is 6.07. The van der Waals surface area contributed by atoms with Crippen LogP contribution in [-0.4, -0.2) is 73.3 Å². The SMILES string of the molecule is COc1ccc2c(c1)C1=NN(C(=O)CN3CCN(C)CC3)[C@@H](c3ccc(F)cc3)[C@@H]1CC2. The van der Waals surface area contributed by atoms with Crippen LogP contribution in [0, 0.1) is 11.7 Å². The molecule has 1 amide bonds. The van der Waals surface area contributed by atoms with Gasteiger partial charge in [0.15, 0.2) is 0 Å². The number of fused-ring (bicyclic) bond motifs is 3. The highest BCUT2D eigenvalue weighted by Crippen LogP contribution is 2.44. The zero-order chi connectivity index (χ0) is 22.2. The molecule has 2 aliphatic heterocycles. The lowest BCUT2D eigenvalue weighted by Crippen LogP contribution is -2.48. The lowest BCUT2D eigenvalue weighted by atomic mass is 9.77. The van der Waals surface area contributed by atoms with Gasteiger partial charge in [0.05, 0.1) is 25.4 Å². The minimum absolute atomic E-state index is 0.00442. The van der Waals surface area contributed by atoms with Crippen molar-refractivity contribution in [2.24, 2.45) is 11.0 Å². The number of carbonyl (C=O) groups is 1. The minimum Gasteiger partial charge on any atom is -0.497 e. The van der Waals surface area contributed by atoms with E-state index in [2.05, 4.69) is 22.9 Å². The summed E-state index contributed by atoms with van der Waals surface area (Å²) >= 11 is 0. The van der Waals surface area contributed by atoms with Crippen LogP contribution in [-0.2, 0) is 11.2 Å². The first-order chi connectivity index (χ1) is 15.5. The molecule has 0 N–H and O–H groups in total. The van der Waals surface area contributed by atoms with Crippen LogP contribution in [0.15, 0.2) is 47.6 Å². The maximum atomic E-state index is 13.6. The fourth-order valence-electron chi connectivity index (χ4n) is 5.08. The third-order valence-corrected chi connectivity index (χ3v) is 6.95. The third kappa shape index (κ3) is 3.91. The molecule has 0 radical (unpaired) electrons. The molecule has 7 heteroatoms. The summed E-state index contributed by atoms with van der Waals surface area (Å²) in [6.07, 6.45) is 1.82. The van der Waals surface area contributed by atoms with Crippen LogP contribution < -0.4 is 4.74 Å². The van der Waals surface area contributed by atoms with Gasteiger partial charge >= 0.3 is 0 Å². The Hall–Kier alpha value is -2.77. The predicted molar refractivity (Wildman–Crippen MR) is 121 cm³/mol. The summed E-state index contributed by atoms with van der Waals surface area (Å²) in [4.78, 5) is 18.0. The second kappa shape index (κ2) is 8.64. The molecule has 2 heterocycles. The molecule has 1 aliphatic carbocycles. The standard InChI is InChI=1S/C25H29FN4O2/c1-28-11-13-29(14-12-28)16-23(31)30-25(18-3-7-19(26)8-4-18)21-10-6-17-5-9-20(32-2)15-22(17)24(21)27-30/h3-5,7-9,15,21,25H,6,10-14,16H2,1-2H3/t21-,25+/m1/s1. The van der Waals surface area contributed by atoms with Crippen LogP contribution in [0.25, 0.3) is 0 Å². The number of methoxy groups -OCH3 is 1. The van der Waals surface area contributed by atoms with Gasteiger partial charge in [0.2, 0.25) is 0 Å². The number of nitrogens with zero attached hydrogens (tertiary/aromatic N) is 4. The van der Waals surface area contributed by atoms with E-state index in [4.69, 9.17) is 9.84 Å². The summed E-state index contributed by atoms with van der Waals surface area (Å²) in [7, 11) is 3.76. The lowest BCUT2D eigenvalue weighted by Gasteiger charge is -2.34. The molecular weight excluding hydrogens is 407 g/mol. The molecule has 168 valence electrons. The fraction of sp³-hybridized carbons (Fsp3) is 0.440. The van der Waals surface area contributed by atoms with Gasteiger partial charge in [-0.25, -0.2) is 9.40 Å². The van der Waals surface area contributed by atoms with Gasteiger partial charge in [-0.15, -0.1) is 0 Å². The Morgan fingerprint density at radius 1 is 1.12 bits per heavy atom. The predicted octanol–water partition coefficient (Wildman–Crippen LogP) is 2.93. The van der Waals surface area contributed by atoms with Gasteiger partial charge in [-0.2, -0.15) is 5.10 Å². The number of likely N-dealkylation sites (N-methyl/N-ethyl adjacent to an activating group) is 1. The largest absolute Gasteiger partial charge is 0.497 e. The first-order valence-electron chi connectivity index (χ1n) is 11.3. The Balaban J connectivity index is 1.49. The van der Waals surface area contributed by atoms with E-state index >= 15 is 0 Å². The van der Waals surface area contributed by atoms with Gasteiger partial charge in [-0.05, 0) is 55.3 Å². The Morgan fingerprint density at radius 2 is 1.88 bits per heavy atom. The number of piperazine rings is 1. The first-order valence-corrected chi connectivity index (χ1v) is 11.3. The molecule has 1 fully saturated rings. The average molecular weight is 437 g/mol. The van der Waals surface area contributed by atoms with E-state index in [1.165, 1.54) is 17.7 Å². The highest BCUT2D eigenvalue weighted by Gasteiger charge is 2.44. The number of halogens is 1. The Kier molecular flexibility index (Phi) is 5.69. The van der Waals surface area contributed by atoms with E-state index in [0.29, 0.717) is 6.54 Å². The second-order valence-electron chi connectivity index (χ2n) is 8.97. The molecule has 6 nitrogen and oxygen atoms in total. The van der Waals surface area contributed by atoms with Gasteiger partial charge in [0.25, 0.3) is 5.91 Å². The molecule has 32 heavy (non-hydrogen) atoms. The van der Waals surface area contributed by atoms with Crippen molar-refractivity contribution in [1.82, 2.24) is 14.8 Å². The number of benzene rings is 2. The van der Waals surface area contributed by atoms with Gasteiger partial charge in [0, 0.05) is 37.7 Å². The van der Waals surface area contributed by atoms with E-state index in [-0.39, 0.29) is 23.7 Å². The van der Waals surface area contributed by atoms with Gasteiger partial charge in [-0.1, -0.05) is 18.2 Å². The minimum atomic E-state index is -0.276. The monoisotopic (exact) mass is 436 g/mol. The summed E-state index contributed by atoms with van der Waals surface area (Å²) in [5, 5.41) is 6.57. The molecule has 2 atom stereocenters. The number of hydrogen-bond donors (Lipinski definition) is 0. The van der Waals surface area contributed by atoms with Crippen molar-refractivity contribution in [3.05, 3.63) is 65.0 Å². The Labute approximate surface area is 188 Å². The summed E-state index contributed by atoms with van der Waals surface area (Å²) in [6.45, 7) is 4.01. The summed E-state index contributed by atoms with van der Waals surface area (Å²) in [5.41, 5.74) is 4.15. The van der Waals surface area contributed by atoms with Crippen LogP contribution in [0.5, 0.6) is 5.75 Å². The molecule has 0 bridgehead atoms. The maximum Gasteiger partial charge on any atom is 0.257 e. The van der Waals surface area contributed by atoms with Crippen molar-refractivity contribution in [3.63, 3.8) is 0 Å². The van der Waals surface area contributed by atoms with Crippen LogP contribution in [0.2, 0.25) is 0 Å². The summed E-state index contributed by atoms with van der Waals surface area (Å²) in [6, 6.07) is 12.4. The van der Waals surface area contributed by atoms with Gasteiger partial charge in [-0.3, -0.25) is 9.69 Å². The molecule has 0 spiro atoms. The molecule has 2 aromatic carbocycles. The second-order valence-corrected chi connectivity index (χ2v) is 8.97. The lowest BCUT2D eigenvalue weighted by molar-refractivity contribution is -0.135. The van der Waals surface area contributed by atoms with Crippen molar-refractivity contribution < 1.29 is 13.9 Å².